The number of anilines is 2. The maximum atomic E-state index is 13.4. The Labute approximate surface area is 211 Å². The van der Waals surface area contributed by atoms with Crippen LogP contribution in [0.4, 0.5) is 11.6 Å². The summed E-state index contributed by atoms with van der Waals surface area (Å²) in [6, 6.07) is 10.1. The van der Waals surface area contributed by atoms with Crippen molar-refractivity contribution in [2.45, 2.75) is 25.7 Å². The summed E-state index contributed by atoms with van der Waals surface area (Å²) in [5.41, 5.74) is 0.749. The van der Waals surface area contributed by atoms with Gasteiger partial charge in [0.15, 0.2) is 5.65 Å². The highest BCUT2D eigenvalue weighted by Crippen LogP contribution is 2.26. The normalized spacial score (nSPS) is 22.3. The van der Waals surface area contributed by atoms with Crippen LogP contribution in [-0.4, -0.2) is 99.4 Å². The molecule has 10 nitrogen and oxygen atoms in total. The number of nitrogens with zero attached hydrogens (tertiary/aromatic N) is 9. The SMILES string of the molecule is O=C(C1CCN(c2ccc3nncn3n2)CC1)N1CCCC(CN2CCN(c3ccccn3)CC2)C1. The van der Waals surface area contributed by atoms with Crippen molar-refractivity contribution in [1.29, 1.82) is 0 Å². The average Bonchev–Trinajstić information content (AvgIpc) is 3.42. The molecular formula is C26H35N9O. The minimum atomic E-state index is 0.126. The van der Waals surface area contributed by atoms with Gasteiger partial charge in [-0.1, -0.05) is 6.07 Å². The van der Waals surface area contributed by atoms with Crippen LogP contribution in [-0.2, 0) is 4.79 Å². The van der Waals surface area contributed by atoms with E-state index in [1.807, 2.05) is 24.4 Å². The molecule has 1 unspecified atom stereocenters. The van der Waals surface area contributed by atoms with E-state index in [0.717, 1.165) is 95.4 Å². The van der Waals surface area contributed by atoms with E-state index in [0.29, 0.717) is 11.8 Å². The minimum Gasteiger partial charge on any atom is -0.355 e. The molecule has 1 atom stereocenters. The Morgan fingerprint density at radius 2 is 1.72 bits per heavy atom. The third-order valence-electron chi connectivity index (χ3n) is 8.01. The zero-order chi connectivity index (χ0) is 24.3. The summed E-state index contributed by atoms with van der Waals surface area (Å²) in [7, 11) is 0. The molecule has 3 aromatic rings. The van der Waals surface area contributed by atoms with E-state index in [-0.39, 0.29) is 5.92 Å². The lowest BCUT2D eigenvalue weighted by molar-refractivity contribution is -0.138. The number of rotatable bonds is 5. The van der Waals surface area contributed by atoms with Gasteiger partial charge in [-0.25, -0.2) is 4.98 Å². The number of carbonyl (C=O) groups excluding carboxylic acids is 1. The van der Waals surface area contributed by atoms with Gasteiger partial charge in [0.25, 0.3) is 0 Å². The fourth-order valence-corrected chi connectivity index (χ4v) is 5.98. The van der Waals surface area contributed by atoms with E-state index in [9.17, 15) is 4.79 Å². The first-order valence-electron chi connectivity index (χ1n) is 13.3. The van der Waals surface area contributed by atoms with Crippen molar-refractivity contribution in [3.63, 3.8) is 0 Å². The first kappa shape index (κ1) is 23.1. The molecule has 3 fully saturated rings. The van der Waals surface area contributed by atoms with Gasteiger partial charge >= 0.3 is 0 Å². The summed E-state index contributed by atoms with van der Waals surface area (Å²) >= 11 is 0. The molecule has 0 radical (unpaired) electrons. The Morgan fingerprint density at radius 1 is 0.889 bits per heavy atom. The number of piperidine rings is 2. The van der Waals surface area contributed by atoms with Crippen LogP contribution in [0.3, 0.4) is 0 Å². The van der Waals surface area contributed by atoms with E-state index in [1.54, 1.807) is 10.8 Å². The number of aromatic nitrogens is 5. The predicted octanol–water partition coefficient (Wildman–Crippen LogP) is 1.80. The number of hydrogen-bond donors (Lipinski definition) is 0. The van der Waals surface area contributed by atoms with Gasteiger partial charge in [-0.3, -0.25) is 9.69 Å². The van der Waals surface area contributed by atoms with E-state index < -0.39 is 0 Å². The van der Waals surface area contributed by atoms with Crippen molar-refractivity contribution in [2.75, 3.05) is 68.7 Å². The molecule has 0 N–H and O–H groups in total. The molecule has 0 aliphatic carbocycles. The molecule has 190 valence electrons. The van der Waals surface area contributed by atoms with Gasteiger partial charge in [0.1, 0.15) is 18.0 Å². The van der Waals surface area contributed by atoms with Crippen LogP contribution in [0.15, 0.2) is 42.9 Å². The van der Waals surface area contributed by atoms with Crippen molar-refractivity contribution < 1.29 is 4.79 Å². The fraction of sp³-hybridized carbons (Fsp3) is 0.577. The van der Waals surface area contributed by atoms with E-state index in [4.69, 9.17) is 0 Å². The summed E-state index contributed by atoms with van der Waals surface area (Å²) in [6.07, 6.45) is 7.61. The van der Waals surface area contributed by atoms with Crippen molar-refractivity contribution in [2.24, 2.45) is 11.8 Å². The molecule has 3 aliphatic rings. The quantitative estimate of drug-likeness (QED) is 0.536. The second-order valence-electron chi connectivity index (χ2n) is 10.4. The molecule has 6 heterocycles. The number of amides is 1. The summed E-state index contributed by atoms with van der Waals surface area (Å²) in [5.74, 6) is 3.06. The van der Waals surface area contributed by atoms with Gasteiger partial charge in [-0.2, -0.15) is 4.52 Å². The van der Waals surface area contributed by atoms with Crippen LogP contribution in [0.25, 0.3) is 5.65 Å². The predicted molar refractivity (Wildman–Crippen MR) is 138 cm³/mol. The van der Waals surface area contributed by atoms with Gasteiger partial charge in [0.05, 0.1) is 0 Å². The maximum absolute atomic E-state index is 13.4. The van der Waals surface area contributed by atoms with Crippen molar-refractivity contribution in [3.05, 3.63) is 42.9 Å². The molecule has 3 saturated heterocycles. The van der Waals surface area contributed by atoms with Gasteiger partial charge in [0.2, 0.25) is 5.91 Å². The second-order valence-corrected chi connectivity index (χ2v) is 10.4. The summed E-state index contributed by atoms with van der Waals surface area (Å²) in [4.78, 5) is 27.3. The van der Waals surface area contributed by atoms with Crippen LogP contribution in [0, 0.1) is 11.8 Å². The Balaban J connectivity index is 0.976. The molecule has 3 aromatic heterocycles. The van der Waals surface area contributed by atoms with Gasteiger partial charge in [-0.05, 0) is 55.9 Å². The first-order chi connectivity index (χ1) is 17.7. The Morgan fingerprint density at radius 3 is 2.53 bits per heavy atom. The summed E-state index contributed by atoms with van der Waals surface area (Å²) in [6.45, 7) is 8.79. The molecular weight excluding hydrogens is 454 g/mol. The molecule has 0 spiro atoms. The van der Waals surface area contributed by atoms with Gasteiger partial charge in [-0.15, -0.1) is 15.3 Å². The first-order valence-corrected chi connectivity index (χ1v) is 13.3. The molecule has 1 amide bonds. The number of carbonyl (C=O) groups is 1. The third-order valence-corrected chi connectivity index (χ3v) is 8.01. The zero-order valence-electron chi connectivity index (χ0n) is 20.8. The molecule has 36 heavy (non-hydrogen) atoms. The standard InChI is InChI=1S/C26H35N9O/c36-26(22-8-12-32(13-9-22)25-7-6-24-29-28-20-35(24)30-25)34-11-3-4-21(19-34)18-31-14-16-33(17-15-31)23-5-1-2-10-27-23/h1-2,5-7,10,20-22H,3-4,8-9,11-19H2. The lowest BCUT2D eigenvalue weighted by atomic mass is 9.92. The highest BCUT2D eigenvalue weighted by Gasteiger charge is 2.32. The third kappa shape index (κ3) is 5.00. The Kier molecular flexibility index (Phi) is 6.67. The van der Waals surface area contributed by atoms with Crippen LogP contribution < -0.4 is 9.80 Å². The summed E-state index contributed by atoms with van der Waals surface area (Å²) in [5, 5.41) is 12.5. The molecule has 10 heteroatoms. The highest BCUT2D eigenvalue weighted by molar-refractivity contribution is 5.79. The summed E-state index contributed by atoms with van der Waals surface area (Å²) < 4.78 is 1.71. The molecule has 0 bridgehead atoms. The van der Waals surface area contributed by atoms with Crippen LogP contribution in [0.1, 0.15) is 25.7 Å². The van der Waals surface area contributed by atoms with Crippen LogP contribution in [0.2, 0.25) is 0 Å². The lowest BCUT2D eigenvalue weighted by Gasteiger charge is -2.41. The molecule has 3 aliphatic heterocycles. The topological polar surface area (TPSA) is 86.0 Å². The van der Waals surface area contributed by atoms with E-state index in [1.165, 1.54) is 6.42 Å². The molecule has 0 saturated carbocycles. The fourth-order valence-electron chi connectivity index (χ4n) is 5.98. The zero-order valence-corrected chi connectivity index (χ0v) is 20.8. The molecule has 0 aromatic carbocycles. The highest BCUT2D eigenvalue weighted by atomic mass is 16.2. The molecule has 6 rings (SSSR count). The number of likely N-dealkylation sites (tertiary alicyclic amines) is 1. The number of piperazine rings is 1. The van der Waals surface area contributed by atoms with E-state index in [2.05, 4.69) is 52.0 Å². The largest absolute Gasteiger partial charge is 0.355 e. The van der Waals surface area contributed by atoms with Crippen molar-refractivity contribution >= 4 is 23.2 Å². The van der Waals surface area contributed by atoms with Crippen molar-refractivity contribution in [1.82, 2.24) is 34.6 Å². The van der Waals surface area contributed by atoms with Gasteiger partial charge in [0, 0.05) is 71.0 Å². The van der Waals surface area contributed by atoms with Crippen LogP contribution >= 0.6 is 0 Å². The minimum absolute atomic E-state index is 0.126. The van der Waals surface area contributed by atoms with E-state index >= 15 is 0 Å². The Bertz CT molecular complexity index is 1150. The average molecular weight is 490 g/mol. The Hall–Kier alpha value is -3.27. The maximum Gasteiger partial charge on any atom is 0.225 e. The lowest BCUT2D eigenvalue weighted by Crippen LogP contribution is -2.51. The number of fused-ring (bicyclic) bond motifs is 1. The second kappa shape index (κ2) is 10.4. The van der Waals surface area contributed by atoms with Gasteiger partial charge < -0.3 is 14.7 Å². The smallest absolute Gasteiger partial charge is 0.225 e. The number of pyridine rings is 1. The monoisotopic (exact) mass is 489 g/mol. The number of hydrogen-bond acceptors (Lipinski definition) is 8. The van der Waals surface area contributed by atoms with Crippen molar-refractivity contribution in [3.8, 4) is 0 Å². The van der Waals surface area contributed by atoms with Crippen LogP contribution in [0.5, 0.6) is 0 Å².